The lowest BCUT2D eigenvalue weighted by molar-refractivity contribution is -0.144. The molecule has 0 saturated heterocycles. The number of unbranched alkanes of at least 4 members (excludes halogenated alkanes) is 1. The topological polar surface area (TPSA) is 103 Å². The Morgan fingerprint density at radius 2 is 1.50 bits per heavy atom. The van der Waals surface area contributed by atoms with Crippen molar-refractivity contribution in [2.75, 3.05) is 73.5 Å². The highest BCUT2D eigenvalue weighted by Crippen LogP contribution is 2.09. The number of nitrogens with zero attached hydrogens (tertiary/aromatic N) is 1. The van der Waals surface area contributed by atoms with Crippen molar-refractivity contribution >= 4 is 5.97 Å². The second kappa shape index (κ2) is 17.1. The Labute approximate surface area is 145 Å². The lowest BCUT2D eigenvalue weighted by atomic mass is 10.1. The molecule has 0 aromatic heterocycles. The summed E-state index contributed by atoms with van der Waals surface area (Å²) in [7, 11) is 3.23. The molecule has 0 aromatic carbocycles. The fourth-order valence-electron chi connectivity index (χ4n) is 2.22. The summed E-state index contributed by atoms with van der Waals surface area (Å²) in [5, 5.41) is 9.53. The van der Waals surface area contributed by atoms with Gasteiger partial charge in [0.15, 0.2) is 0 Å². The molecule has 0 heterocycles. The van der Waals surface area contributed by atoms with Crippen LogP contribution in [0.5, 0.6) is 0 Å². The van der Waals surface area contributed by atoms with Gasteiger partial charge >= 0.3 is 5.97 Å². The third-order valence-corrected chi connectivity index (χ3v) is 3.57. The van der Waals surface area contributed by atoms with Gasteiger partial charge in [-0.15, -0.1) is 0 Å². The van der Waals surface area contributed by atoms with E-state index in [4.69, 9.17) is 24.7 Å². The Morgan fingerprint density at radius 3 is 1.92 bits per heavy atom. The van der Waals surface area contributed by atoms with Gasteiger partial charge in [-0.25, -0.2) is 0 Å². The number of methoxy groups -OCH3 is 2. The maximum atomic E-state index is 11.6. The van der Waals surface area contributed by atoms with E-state index in [0.717, 1.165) is 12.8 Å². The summed E-state index contributed by atoms with van der Waals surface area (Å²) in [5.41, 5.74) is 5.50. The van der Waals surface area contributed by atoms with E-state index < -0.39 is 12.0 Å². The predicted molar refractivity (Wildman–Crippen MR) is 91.3 cm³/mol. The largest absolute Gasteiger partial charge is 0.480 e. The molecule has 0 bridgehead atoms. The zero-order chi connectivity index (χ0) is 18.0. The van der Waals surface area contributed by atoms with Crippen molar-refractivity contribution in [2.45, 2.75) is 25.3 Å². The van der Waals surface area contributed by atoms with Crippen LogP contribution in [0.3, 0.4) is 0 Å². The smallest absolute Gasteiger partial charge is 0.320 e. The van der Waals surface area contributed by atoms with Gasteiger partial charge in [0.25, 0.3) is 0 Å². The maximum Gasteiger partial charge on any atom is 0.320 e. The number of carboxylic acid groups (broad SMARTS) is 1. The van der Waals surface area contributed by atoms with E-state index in [-0.39, 0.29) is 0 Å². The minimum atomic E-state index is -0.819. The van der Waals surface area contributed by atoms with E-state index in [1.807, 2.05) is 4.90 Å². The van der Waals surface area contributed by atoms with Crippen molar-refractivity contribution < 1.29 is 28.8 Å². The Kier molecular flexibility index (Phi) is 16.5. The van der Waals surface area contributed by atoms with Gasteiger partial charge in [0, 0.05) is 27.3 Å². The number of rotatable bonds is 18. The van der Waals surface area contributed by atoms with Crippen LogP contribution in [0.25, 0.3) is 0 Å². The Hall–Kier alpha value is -0.770. The molecule has 0 aromatic rings. The van der Waals surface area contributed by atoms with Crippen LogP contribution in [-0.2, 0) is 23.7 Å². The summed E-state index contributed by atoms with van der Waals surface area (Å²) in [6, 6.07) is -0.548. The number of hydrogen-bond acceptors (Lipinski definition) is 7. The molecule has 0 radical (unpaired) electrons. The molecule has 0 fully saturated rings. The number of hydrogen-bond donors (Lipinski definition) is 2. The standard InChI is InChI=1S/C16H34N2O6/c1-21-11-13-23-9-7-18(8-10-24-14-12-22-2)15(16(19)20)5-3-4-6-17/h15H,3-14,17H2,1-2H3,(H,19,20). The van der Waals surface area contributed by atoms with Crippen molar-refractivity contribution in [3.63, 3.8) is 0 Å². The van der Waals surface area contributed by atoms with Crippen LogP contribution in [0.1, 0.15) is 19.3 Å². The van der Waals surface area contributed by atoms with Gasteiger partial charge in [-0.2, -0.15) is 0 Å². The lowest BCUT2D eigenvalue weighted by Gasteiger charge is -2.28. The molecule has 144 valence electrons. The van der Waals surface area contributed by atoms with E-state index in [9.17, 15) is 9.90 Å². The lowest BCUT2D eigenvalue weighted by Crippen LogP contribution is -2.45. The van der Waals surface area contributed by atoms with Crippen LogP contribution in [0.15, 0.2) is 0 Å². The van der Waals surface area contributed by atoms with Gasteiger partial charge in [-0.1, -0.05) is 6.42 Å². The normalized spacial score (nSPS) is 12.7. The molecule has 3 N–H and O–H groups in total. The first-order valence-electron chi connectivity index (χ1n) is 8.47. The summed E-state index contributed by atoms with van der Waals surface area (Å²) in [5.74, 6) is -0.819. The minimum absolute atomic E-state index is 0.460. The second-order valence-electron chi connectivity index (χ2n) is 5.38. The minimum Gasteiger partial charge on any atom is -0.480 e. The molecule has 0 aliphatic carbocycles. The van der Waals surface area contributed by atoms with E-state index in [1.54, 1.807) is 14.2 Å². The average Bonchev–Trinajstić information content (AvgIpc) is 2.56. The number of carboxylic acids is 1. The van der Waals surface area contributed by atoms with Crippen molar-refractivity contribution in [3.05, 3.63) is 0 Å². The molecular formula is C16H34N2O6. The Bertz CT molecular complexity index is 280. The highest BCUT2D eigenvalue weighted by molar-refractivity contribution is 5.73. The van der Waals surface area contributed by atoms with E-state index >= 15 is 0 Å². The van der Waals surface area contributed by atoms with Gasteiger partial charge in [-0.05, 0) is 19.4 Å². The molecule has 1 unspecified atom stereocenters. The summed E-state index contributed by atoms with van der Waals surface area (Å²) in [6.07, 6.45) is 2.19. The zero-order valence-corrected chi connectivity index (χ0v) is 15.1. The van der Waals surface area contributed by atoms with Gasteiger partial charge < -0.3 is 29.8 Å². The van der Waals surface area contributed by atoms with Gasteiger partial charge in [-0.3, -0.25) is 9.69 Å². The van der Waals surface area contributed by atoms with Crippen LogP contribution >= 0.6 is 0 Å². The first-order valence-corrected chi connectivity index (χ1v) is 8.47. The molecule has 0 aliphatic heterocycles. The number of nitrogens with two attached hydrogens (primary N) is 1. The van der Waals surface area contributed by atoms with Crippen molar-refractivity contribution in [1.82, 2.24) is 4.90 Å². The van der Waals surface area contributed by atoms with Crippen molar-refractivity contribution in [3.8, 4) is 0 Å². The quantitative estimate of drug-likeness (QED) is 0.338. The molecule has 8 nitrogen and oxygen atoms in total. The van der Waals surface area contributed by atoms with E-state index in [1.165, 1.54) is 0 Å². The third kappa shape index (κ3) is 12.6. The van der Waals surface area contributed by atoms with Gasteiger partial charge in [0.05, 0.1) is 39.6 Å². The van der Waals surface area contributed by atoms with Crippen LogP contribution in [0.2, 0.25) is 0 Å². The summed E-state index contributed by atoms with van der Waals surface area (Å²) in [4.78, 5) is 13.5. The molecule has 0 spiro atoms. The highest BCUT2D eigenvalue weighted by atomic mass is 16.5. The Balaban J connectivity index is 4.38. The van der Waals surface area contributed by atoms with Crippen LogP contribution in [0, 0.1) is 0 Å². The second-order valence-corrected chi connectivity index (χ2v) is 5.38. The fraction of sp³-hybridized carbons (Fsp3) is 0.938. The molecule has 0 rings (SSSR count). The van der Waals surface area contributed by atoms with Crippen LogP contribution < -0.4 is 5.73 Å². The molecule has 8 heteroatoms. The van der Waals surface area contributed by atoms with Crippen molar-refractivity contribution in [1.29, 1.82) is 0 Å². The predicted octanol–water partition coefficient (Wildman–Crippen LogP) is 0.197. The molecular weight excluding hydrogens is 316 g/mol. The fourth-order valence-corrected chi connectivity index (χ4v) is 2.22. The van der Waals surface area contributed by atoms with E-state index in [2.05, 4.69) is 0 Å². The van der Waals surface area contributed by atoms with Crippen LogP contribution in [-0.4, -0.2) is 95.5 Å². The molecule has 0 saturated carbocycles. The highest BCUT2D eigenvalue weighted by Gasteiger charge is 2.24. The number of ether oxygens (including phenoxy) is 4. The maximum absolute atomic E-state index is 11.6. The number of aliphatic carboxylic acids is 1. The van der Waals surface area contributed by atoms with E-state index in [0.29, 0.717) is 65.7 Å². The Morgan fingerprint density at radius 1 is 0.958 bits per heavy atom. The SMILES string of the molecule is COCCOCCN(CCOCCOC)C(CCCCN)C(=O)O. The molecule has 0 aliphatic rings. The first-order chi connectivity index (χ1) is 11.7. The number of carbonyl (C=O) groups is 1. The molecule has 0 amide bonds. The summed E-state index contributed by atoms with van der Waals surface area (Å²) < 4.78 is 20.8. The zero-order valence-electron chi connectivity index (χ0n) is 15.1. The van der Waals surface area contributed by atoms with Crippen molar-refractivity contribution in [2.24, 2.45) is 5.73 Å². The molecule has 1 atom stereocenters. The van der Waals surface area contributed by atoms with Crippen LogP contribution in [0.4, 0.5) is 0 Å². The van der Waals surface area contributed by atoms with Gasteiger partial charge in [0.2, 0.25) is 0 Å². The summed E-state index contributed by atoms with van der Waals surface area (Å²) >= 11 is 0. The molecule has 24 heavy (non-hydrogen) atoms. The monoisotopic (exact) mass is 350 g/mol. The third-order valence-electron chi connectivity index (χ3n) is 3.57. The van der Waals surface area contributed by atoms with Gasteiger partial charge in [0.1, 0.15) is 6.04 Å². The summed E-state index contributed by atoms with van der Waals surface area (Å²) in [6.45, 7) is 4.63. The first kappa shape index (κ1) is 23.2. The average molecular weight is 350 g/mol.